The van der Waals surface area contributed by atoms with E-state index in [0.717, 1.165) is 11.1 Å². The number of sulfone groups is 1. The minimum Gasteiger partial charge on any atom is -0.379 e. The molecule has 1 heterocycles. The van der Waals surface area contributed by atoms with Crippen LogP contribution in [-0.2, 0) is 9.84 Å². The van der Waals surface area contributed by atoms with Crippen LogP contribution in [-0.4, -0.2) is 26.8 Å². The maximum Gasteiger partial charge on any atom is 0.182 e. The van der Waals surface area contributed by atoms with Gasteiger partial charge in [0.1, 0.15) is 0 Å². The van der Waals surface area contributed by atoms with Crippen molar-refractivity contribution in [2.45, 2.75) is 24.8 Å². The van der Waals surface area contributed by atoms with Gasteiger partial charge in [-0.2, -0.15) is 0 Å². The Morgan fingerprint density at radius 2 is 2.12 bits per heavy atom. The molecule has 3 N–H and O–H groups in total. The fourth-order valence-electron chi connectivity index (χ4n) is 2.21. The van der Waals surface area contributed by atoms with Gasteiger partial charge in [0, 0.05) is 6.54 Å². The normalized spacial score (nSPS) is 22.3. The Bertz CT molecular complexity index is 523. The first kappa shape index (κ1) is 11.4. The first-order valence-corrected chi connectivity index (χ1v) is 6.90. The van der Waals surface area contributed by atoms with Crippen molar-refractivity contribution >= 4 is 15.5 Å². The Kier molecular flexibility index (Phi) is 2.67. The topological polar surface area (TPSA) is 72.2 Å². The van der Waals surface area contributed by atoms with Gasteiger partial charge in [0.15, 0.2) is 9.84 Å². The second-order valence-electron chi connectivity index (χ2n) is 4.32. The van der Waals surface area contributed by atoms with E-state index in [9.17, 15) is 8.42 Å². The zero-order valence-corrected chi connectivity index (χ0v) is 10.3. The maximum absolute atomic E-state index is 12.1. The van der Waals surface area contributed by atoms with Crippen LogP contribution in [0.15, 0.2) is 17.0 Å². The van der Waals surface area contributed by atoms with Gasteiger partial charge in [0.2, 0.25) is 0 Å². The minimum atomic E-state index is -3.19. The van der Waals surface area contributed by atoms with E-state index < -0.39 is 9.84 Å². The van der Waals surface area contributed by atoms with Gasteiger partial charge in [-0.25, -0.2) is 8.42 Å². The van der Waals surface area contributed by atoms with E-state index in [0.29, 0.717) is 17.1 Å². The highest BCUT2D eigenvalue weighted by Gasteiger charge is 2.30. The summed E-state index contributed by atoms with van der Waals surface area (Å²) in [5.74, 6) is 0.0837. The third-order valence-corrected chi connectivity index (χ3v) is 4.80. The Morgan fingerprint density at radius 1 is 1.44 bits per heavy atom. The number of anilines is 1. The van der Waals surface area contributed by atoms with Crippen LogP contribution in [0.25, 0.3) is 0 Å². The van der Waals surface area contributed by atoms with E-state index in [2.05, 4.69) is 5.32 Å². The number of fused-ring (bicyclic) bond motifs is 1. The Morgan fingerprint density at radius 3 is 2.75 bits per heavy atom. The molecule has 1 unspecified atom stereocenters. The van der Waals surface area contributed by atoms with Crippen molar-refractivity contribution in [2.75, 3.05) is 17.6 Å². The van der Waals surface area contributed by atoms with Crippen molar-refractivity contribution in [1.82, 2.24) is 0 Å². The van der Waals surface area contributed by atoms with Crippen LogP contribution < -0.4 is 11.1 Å². The predicted molar refractivity (Wildman–Crippen MR) is 64.4 cm³/mol. The zero-order chi connectivity index (χ0) is 11.9. The zero-order valence-electron chi connectivity index (χ0n) is 9.45. The number of benzene rings is 1. The van der Waals surface area contributed by atoms with Gasteiger partial charge in [-0.05, 0) is 31.0 Å². The molecule has 1 aliphatic heterocycles. The summed E-state index contributed by atoms with van der Waals surface area (Å²) in [6.07, 6.45) is 0. The highest BCUT2D eigenvalue weighted by atomic mass is 32.2. The van der Waals surface area contributed by atoms with Gasteiger partial charge < -0.3 is 11.1 Å². The molecule has 0 bridgehead atoms. The van der Waals surface area contributed by atoms with Gasteiger partial charge in [-0.3, -0.25) is 0 Å². The highest BCUT2D eigenvalue weighted by Crippen LogP contribution is 2.32. The number of nitrogens with two attached hydrogens (primary N) is 1. The first-order valence-electron chi connectivity index (χ1n) is 5.24. The third kappa shape index (κ3) is 1.81. The number of hydrogen-bond acceptors (Lipinski definition) is 4. The number of rotatable bonds is 1. The molecule has 5 heteroatoms. The molecule has 16 heavy (non-hydrogen) atoms. The molecular formula is C11H16N2O2S. The van der Waals surface area contributed by atoms with Crippen molar-refractivity contribution in [3.63, 3.8) is 0 Å². The molecule has 0 amide bonds. The van der Waals surface area contributed by atoms with Crippen molar-refractivity contribution in [3.8, 4) is 0 Å². The van der Waals surface area contributed by atoms with Crippen molar-refractivity contribution in [1.29, 1.82) is 0 Å². The highest BCUT2D eigenvalue weighted by molar-refractivity contribution is 7.91. The number of aryl methyl sites for hydroxylation is 2. The first-order chi connectivity index (χ1) is 7.44. The molecule has 0 radical (unpaired) electrons. The van der Waals surface area contributed by atoms with E-state index in [1.165, 1.54) is 0 Å². The largest absolute Gasteiger partial charge is 0.379 e. The van der Waals surface area contributed by atoms with Crippen LogP contribution in [0.3, 0.4) is 0 Å². The van der Waals surface area contributed by atoms with Gasteiger partial charge in [-0.15, -0.1) is 0 Å². The van der Waals surface area contributed by atoms with Crippen LogP contribution in [0.5, 0.6) is 0 Å². The summed E-state index contributed by atoms with van der Waals surface area (Å²) >= 11 is 0. The van der Waals surface area contributed by atoms with Gasteiger partial charge in [0.25, 0.3) is 0 Å². The molecule has 0 saturated heterocycles. The average Bonchev–Trinajstić information content (AvgIpc) is 2.13. The number of nitrogens with one attached hydrogen (secondary N) is 1. The fourth-order valence-corrected chi connectivity index (χ4v) is 4.13. The number of hydrogen-bond donors (Lipinski definition) is 2. The lowest BCUT2D eigenvalue weighted by Gasteiger charge is -2.27. The summed E-state index contributed by atoms with van der Waals surface area (Å²) in [6, 6.07) is 3.57. The van der Waals surface area contributed by atoms with Crippen LogP contribution in [0, 0.1) is 13.8 Å². The Hall–Kier alpha value is -1.07. The molecule has 0 fully saturated rings. The van der Waals surface area contributed by atoms with E-state index in [1.54, 1.807) is 0 Å². The molecule has 0 saturated carbocycles. The Labute approximate surface area is 95.8 Å². The van der Waals surface area contributed by atoms with E-state index in [4.69, 9.17) is 5.73 Å². The Balaban J connectivity index is 2.64. The molecule has 4 nitrogen and oxygen atoms in total. The summed E-state index contributed by atoms with van der Waals surface area (Å²) < 4.78 is 24.2. The van der Waals surface area contributed by atoms with E-state index >= 15 is 0 Å². The summed E-state index contributed by atoms with van der Waals surface area (Å²) in [7, 11) is -3.19. The monoisotopic (exact) mass is 240 g/mol. The summed E-state index contributed by atoms with van der Waals surface area (Å²) in [5.41, 5.74) is 8.08. The fraction of sp³-hybridized carbons (Fsp3) is 0.455. The van der Waals surface area contributed by atoms with Gasteiger partial charge >= 0.3 is 0 Å². The molecule has 0 spiro atoms. The van der Waals surface area contributed by atoms with E-state index in [1.807, 2.05) is 26.0 Å². The second-order valence-corrected chi connectivity index (χ2v) is 6.29. The average molecular weight is 240 g/mol. The van der Waals surface area contributed by atoms with Crippen LogP contribution >= 0.6 is 0 Å². The molecule has 0 aliphatic carbocycles. The predicted octanol–water partition coefficient (Wildman–Crippen LogP) is 0.830. The van der Waals surface area contributed by atoms with E-state index in [-0.39, 0.29) is 11.8 Å². The second kappa shape index (κ2) is 3.75. The van der Waals surface area contributed by atoms with Gasteiger partial charge in [0.05, 0.1) is 22.4 Å². The lowest BCUT2D eigenvalue weighted by molar-refractivity contribution is 0.585. The molecule has 1 aliphatic rings. The van der Waals surface area contributed by atoms with Crippen LogP contribution in [0.1, 0.15) is 11.1 Å². The third-order valence-electron chi connectivity index (χ3n) is 2.79. The smallest absolute Gasteiger partial charge is 0.182 e. The lowest BCUT2D eigenvalue weighted by Crippen LogP contribution is -2.40. The lowest BCUT2D eigenvalue weighted by atomic mass is 10.1. The summed E-state index contributed by atoms with van der Waals surface area (Å²) in [6.45, 7) is 4.10. The SMILES string of the molecule is Cc1cc(C)c2c(c1)NC(CN)CS2(=O)=O. The standard InChI is InChI=1S/C11H16N2O2S/c1-7-3-8(2)11-10(4-7)13-9(5-12)6-16(11,14)15/h3-4,9,13H,5-6,12H2,1-2H3. The van der Waals surface area contributed by atoms with Crippen molar-refractivity contribution in [3.05, 3.63) is 23.3 Å². The minimum absolute atomic E-state index is 0.0837. The van der Waals surface area contributed by atoms with Crippen LogP contribution in [0.4, 0.5) is 5.69 Å². The maximum atomic E-state index is 12.1. The molecule has 1 atom stereocenters. The molecule has 0 aromatic heterocycles. The van der Waals surface area contributed by atoms with Crippen LogP contribution in [0.2, 0.25) is 0 Å². The molecule has 1 aromatic carbocycles. The van der Waals surface area contributed by atoms with Crippen molar-refractivity contribution < 1.29 is 8.42 Å². The van der Waals surface area contributed by atoms with Crippen molar-refractivity contribution in [2.24, 2.45) is 5.73 Å². The molecule has 88 valence electrons. The quantitative estimate of drug-likeness (QED) is 0.762. The molecular weight excluding hydrogens is 224 g/mol. The molecule has 1 aromatic rings. The summed E-state index contributed by atoms with van der Waals surface area (Å²) in [5, 5.41) is 3.18. The molecule has 2 rings (SSSR count). The summed E-state index contributed by atoms with van der Waals surface area (Å²) in [4.78, 5) is 0.433. The van der Waals surface area contributed by atoms with Gasteiger partial charge in [-0.1, -0.05) is 6.07 Å².